The van der Waals surface area contributed by atoms with Gasteiger partial charge in [-0.3, -0.25) is 0 Å². The zero-order chi connectivity index (χ0) is 15.5. The Labute approximate surface area is 142 Å². The fourth-order valence-electron chi connectivity index (χ4n) is 1.66. The van der Waals surface area contributed by atoms with Crippen molar-refractivity contribution in [3.05, 3.63) is 51.0 Å². The van der Waals surface area contributed by atoms with Crippen LogP contribution in [0.15, 0.2) is 45.5 Å². The van der Waals surface area contributed by atoms with Crippen molar-refractivity contribution in [2.45, 2.75) is 32.9 Å². The van der Waals surface area contributed by atoms with E-state index in [9.17, 15) is 0 Å². The Morgan fingerprint density at radius 3 is 2.38 bits per heavy atom. The van der Waals surface area contributed by atoms with Crippen LogP contribution in [0.1, 0.15) is 26.3 Å². The molecule has 0 saturated carbocycles. The molecular formula is C16H18Br2N2O. The van der Waals surface area contributed by atoms with Gasteiger partial charge in [0.05, 0.1) is 0 Å². The number of rotatable bonds is 4. The van der Waals surface area contributed by atoms with E-state index in [1.165, 1.54) is 0 Å². The largest absolute Gasteiger partial charge is 0.439 e. The Balaban J connectivity index is 2.20. The van der Waals surface area contributed by atoms with Gasteiger partial charge in [-0.2, -0.15) is 0 Å². The third-order valence-electron chi connectivity index (χ3n) is 2.73. The lowest BCUT2D eigenvalue weighted by Gasteiger charge is -2.21. The maximum Gasteiger partial charge on any atom is 0.223 e. The average molecular weight is 414 g/mol. The number of aromatic nitrogens is 1. The van der Waals surface area contributed by atoms with Gasteiger partial charge in [0.2, 0.25) is 5.88 Å². The number of benzene rings is 1. The number of halogens is 2. The van der Waals surface area contributed by atoms with Crippen molar-refractivity contribution in [1.29, 1.82) is 0 Å². The lowest BCUT2D eigenvalue weighted by Crippen LogP contribution is -2.35. The van der Waals surface area contributed by atoms with E-state index >= 15 is 0 Å². The van der Waals surface area contributed by atoms with Crippen LogP contribution >= 0.6 is 31.9 Å². The molecule has 1 N–H and O–H groups in total. The maximum absolute atomic E-state index is 5.89. The minimum Gasteiger partial charge on any atom is -0.439 e. The van der Waals surface area contributed by atoms with Crippen LogP contribution in [0.5, 0.6) is 11.6 Å². The van der Waals surface area contributed by atoms with Crippen molar-refractivity contribution in [3.63, 3.8) is 0 Å². The third kappa shape index (κ3) is 5.41. The molecule has 0 spiro atoms. The molecule has 0 bridgehead atoms. The summed E-state index contributed by atoms with van der Waals surface area (Å²) in [4.78, 5) is 4.38. The van der Waals surface area contributed by atoms with Gasteiger partial charge in [-0.05, 0) is 67.0 Å². The monoisotopic (exact) mass is 412 g/mol. The van der Waals surface area contributed by atoms with Gasteiger partial charge in [0, 0.05) is 32.8 Å². The Morgan fingerprint density at radius 1 is 1.10 bits per heavy atom. The second-order valence-corrected chi connectivity index (χ2v) is 7.61. The lowest BCUT2D eigenvalue weighted by molar-refractivity contribution is 0.409. The lowest BCUT2D eigenvalue weighted by atomic mass is 10.1. The van der Waals surface area contributed by atoms with Crippen LogP contribution in [0.25, 0.3) is 0 Å². The summed E-state index contributed by atoms with van der Waals surface area (Å²) in [7, 11) is 0. The molecule has 1 aromatic carbocycles. The first-order chi connectivity index (χ1) is 9.83. The first kappa shape index (κ1) is 16.5. The number of nitrogens with one attached hydrogen (secondary N) is 1. The molecule has 2 rings (SSSR count). The van der Waals surface area contributed by atoms with Crippen LogP contribution in [0.3, 0.4) is 0 Å². The highest BCUT2D eigenvalue weighted by atomic mass is 79.9. The molecule has 0 saturated heterocycles. The molecule has 21 heavy (non-hydrogen) atoms. The standard InChI is InChI=1S/C16H18Br2N2O/c1-16(2,3)20-9-11-8-13(18)10-19-15(11)21-14-6-4-12(17)5-7-14/h4-8,10,20H,9H2,1-3H3. The van der Waals surface area contributed by atoms with Gasteiger partial charge >= 0.3 is 0 Å². The molecule has 0 aliphatic rings. The second kappa shape index (κ2) is 6.90. The molecule has 3 nitrogen and oxygen atoms in total. The molecule has 0 amide bonds. The number of hydrogen-bond donors (Lipinski definition) is 1. The van der Waals surface area contributed by atoms with Crippen LogP contribution < -0.4 is 10.1 Å². The first-order valence-corrected chi connectivity index (χ1v) is 8.25. The molecule has 5 heteroatoms. The van der Waals surface area contributed by atoms with E-state index < -0.39 is 0 Å². The highest BCUT2D eigenvalue weighted by Gasteiger charge is 2.13. The van der Waals surface area contributed by atoms with Crippen LogP contribution in [-0.4, -0.2) is 10.5 Å². The topological polar surface area (TPSA) is 34.2 Å². The van der Waals surface area contributed by atoms with E-state index in [1.807, 2.05) is 30.3 Å². The summed E-state index contributed by atoms with van der Waals surface area (Å²) < 4.78 is 7.85. The quantitative estimate of drug-likeness (QED) is 0.739. The van der Waals surface area contributed by atoms with Gasteiger partial charge in [-0.15, -0.1) is 0 Å². The van der Waals surface area contributed by atoms with Gasteiger partial charge in [0.15, 0.2) is 0 Å². The molecule has 1 heterocycles. The average Bonchev–Trinajstić information content (AvgIpc) is 2.40. The van der Waals surface area contributed by atoms with Crippen molar-refractivity contribution in [3.8, 4) is 11.6 Å². The summed E-state index contributed by atoms with van der Waals surface area (Å²) in [6, 6.07) is 9.74. The van der Waals surface area contributed by atoms with Gasteiger partial charge in [0.1, 0.15) is 5.75 Å². The van der Waals surface area contributed by atoms with Gasteiger partial charge in [-0.1, -0.05) is 15.9 Å². The third-order valence-corrected chi connectivity index (χ3v) is 3.69. The smallest absolute Gasteiger partial charge is 0.223 e. The second-order valence-electron chi connectivity index (χ2n) is 5.78. The fourth-order valence-corrected chi connectivity index (χ4v) is 2.30. The summed E-state index contributed by atoms with van der Waals surface area (Å²) in [5.74, 6) is 1.39. The number of nitrogens with zero attached hydrogens (tertiary/aromatic N) is 1. The molecule has 2 aromatic rings. The fraction of sp³-hybridized carbons (Fsp3) is 0.312. The summed E-state index contributed by atoms with van der Waals surface area (Å²) >= 11 is 6.87. The zero-order valence-electron chi connectivity index (χ0n) is 12.3. The number of ether oxygens (including phenoxy) is 1. The normalized spacial score (nSPS) is 11.5. The van der Waals surface area contributed by atoms with Gasteiger partial charge in [0.25, 0.3) is 0 Å². The summed E-state index contributed by atoms with van der Waals surface area (Å²) in [5.41, 5.74) is 1.05. The van der Waals surface area contributed by atoms with E-state index in [-0.39, 0.29) is 5.54 Å². The van der Waals surface area contributed by atoms with Crippen LogP contribution in [0.2, 0.25) is 0 Å². The molecule has 0 radical (unpaired) electrons. The van der Waals surface area contributed by atoms with Crippen LogP contribution in [0, 0.1) is 0 Å². The Morgan fingerprint density at radius 2 is 1.76 bits per heavy atom. The highest BCUT2D eigenvalue weighted by molar-refractivity contribution is 9.10. The Bertz CT molecular complexity index is 607. The molecular weight excluding hydrogens is 396 g/mol. The molecule has 112 valence electrons. The predicted octanol–water partition coefficient (Wildman–Crippen LogP) is 5.29. The van der Waals surface area contributed by atoms with Gasteiger partial charge in [-0.25, -0.2) is 4.98 Å². The van der Waals surface area contributed by atoms with Crippen molar-refractivity contribution < 1.29 is 4.74 Å². The summed E-state index contributed by atoms with van der Waals surface area (Å²) in [5, 5.41) is 3.45. The molecule has 0 unspecified atom stereocenters. The first-order valence-electron chi connectivity index (χ1n) is 6.66. The molecule has 0 aliphatic heterocycles. The van der Waals surface area contributed by atoms with Crippen molar-refractivity contribution >= 4 is 31.9 Å². The number of hydrogen-bond acceptors (Lipinski definition) is 3. The van der Waals surface area contributed by atoms with E-state index in [0.29, 0.717) is 12.4 Å². The van der Waals surface area contributed by atoms with Crippen LogP contribution in [-0.2, 0) is 6.54 Å². The molecule has 0 aliphatic carbocycles. The zero-order valence-corrected chi connectivity index (χ0v) is 15.5. The van der Waals surface area contributed by atoms with E-state index in [1.54, 1.807) is 6.20 Å². The Kier molecular flexibility index (Phi) is 5.41. The predicted molar refractivity (Wildman–Crippen MR) is 92.7 cm³/mol. The maximum atomic E-state index is 5.89. The SMILES string of the molecule is CC(C)(C)NCc1cc(Br)cnc1Oc1ccc(Br)cc1. The van der Waals surface area contributed by atoms with Crippen molar-refractivity contribution in [2.24, 2.45) is 0 Å². The minimum atomic E-state index is 0.0389. The molecule has 0 fully saturated rings. The minimum absolute atomic E-state index is 0.0389. The van der Waals surface area contributed by atoms with E-state index in [0.717, 1.165) is 20.3 Å². The van der Waals surface area contributed by atoms with Crippen molar-refractivity contribution in [2.75, 3.05) is 0 Å². The van der Waals surface area contributed by atoms with Gasteiger partial charge < -0.3 is 10.1 Å². The number of pyridine rings is 1. The van der Waals surface area contributed by atoms with E-state index in [2.05, 4.69) is 62.9 Å². The molecule has 1 aromatic heterocycles. The van der Waals surface area contributed by atoms with E-state index in [4.69, 9.17) is 4.74 Å². The Hall–Kier alpha value is -0.910. The summed E-state index contributed by atoms with van der Waals surface area (Å²) in [6.07, 6.45) is 1.74. The molecule has 0 atom stereocenters. The summed E-state index contributed by atoms with van der Waals surface area (Å²) in [6.45, 7) is 7.09. The van der Waals surface area contributed by atoms with Crippen LogP contribution in [0.4, 0.5) is 0 Å². The highest BCUT2D eigenvalue weighted by Crippen LogP contribution is 2.26. The van der Waals surface area contributed by atoms with Crippen molar-refractivity contribution in [1.82, 2.24) is 10.3 Å².